The molecule has 5 heteroatoms. The van der Waals surface area contributed by atoms with Gasteiger partial charge in [-0.15, -0.1) is 0 Å². The van der Waals surface area contributed by atoms with Gasteiger partial charge in [-0.1, -0.05) is 6.92 Å². The van der Waals surface area contributed by atoms with Crippen LogP contribution in [-0.4, -0.2) is 30.2 Å². The van der Waals surface area contributed by atoms with Gasteiger partial charge in [0.1, 0.15) is 5.82 Å². The van der Waals surface area contributed by atoms with E-state index in [1.807, 2.05) is 13.0 Å². The van der Waals surface area contributed by atoms with Crippen LogP contribution in [0.15, 0.2) is 6.07 Å². The van der Waals surface area contributed by atoms with Gasteiger partial charge in [-0.25, -0.2) is 4.98 Å². The summed E-state index contributed by atoms with van der Waals surface area (Å²) in [5, 5.41) is 3.20. The third kappa shape index (κ3) is 4.12. The molecule has 3 N–H and O–H groups in total. The first-order chi connectivity index (χ1) is 7.11. The number of rotatable bonds is 5. The quantitative estimate of drug-likeness (QED) is 0.760. The van der Waals surface area contributed by atoms with E-state index in [9.17, 15) is 0 Å². The van der Waals surface area contributed by atoms with Gasteiger partial charge in [0, 0.05) is 25.4 Å². The largest absolute Gasteiger partial charge is 0.384 e. The third-order valence-electron chi connectivity index (χ3n) is 1.95. The van der Waals surface area contributed by atoms with Crippen molar-refractivity contribution in [3.8, 4) is 0 Å². The first kappa shape index (κ1) is 11.7. The molecule has 0 radical (unpaired) electrons. The van der Waals surface area contributed by atoms with Crippen LogP contribution in [0.3, 0.4) is 0 Å². The summed E-state index contributed by atoms with van der Waals surface area (Å²) in [6.07, 6.45) is 0. The molecule has 1 rings (SSSR count). The second kappa shape index (κ2) is 5.50. The lowest BCUT2D eigenvalue weighted by molar-refractivity contribution is 0.164. The number of aromatic nitrogens is 2. The Hall–Kier alpha value is -1.36. The van der Waals surface area contributed by atoms with E-state index in [0.717, 1.165) is 24.7 Å². The first-order valence-electron chi connectivity index (χ1n) is 4.95. The van der Waals surface area contributed by atoms with Crippen LogP contribution in [0.4, 0.5) is 11.8 Å². The van der Waals surface area contributed by atoms with E-state index in [0.29, 0.717) is 11.9 Å². The second-order valence-corrected chi connectivity index (χ2v) is 3.69. The first-order valence-corrected chi connectivity index (χ1v) is 4.95. The van der Waals surface area contributed by atoms with Crippen molar-refractivity contribution in [1.29, 1.82) is 0 Å². The summed E-state index contributed by atoms with van der Waals surface area (Å²) in [6.45, 7) is 5.53. The average Bonchev–Trinajstić information content (AvgIpc) is 2.14. The molecule has 0 saturated carbocycles. The van der Waals surface area contributed by atoms with Gasteiger partial charge in [-0.3, -0.25) is 0 Å². The summed E-state index contributed by atoms with van der Waals surface area (Å²) in [6, 6.07) is 1.87. The standard InChI is InChI=1S/C10H18N4O/c1-7(6-15-3)5-12-9-4-8(2)13-10(11)14-9/h4,7H,5-6H2,1-3H3,(H3,11,12,13,14). The van der Waals surface area contributed by atoms with Crippen molar-refractivity contribution in [2.75, 3.05) is 31.3 Å². The topological polar surface area (TPSA) is 73.1 Å². The molecule has 5 nitrogen and oxygen atoms in total. The van der Waals surface area contributed by atoms with Gasteiger partial charge in [0.2, 0.25) is 5.95 Å². The minimum Gasteiger partial charge on any atom is -0.384 e. The van der Waals surface area contributed by atoms with E-state index in [1.165, 1.54) is 0 Å². The fraction of sp³-hybridized carbons (Fsp3) is 0.600. The highest BCUT2D eigenvalue weighted by Crippen LogP contribution is 2.08. The highest BCUT2D eigenvalue weighted by atomic mass is 16.5. The Morgan fingerprint density at radius 1 is 1.53 bits per heavy atom. The lowest BCUT2D eigenvalue weighted by Crippen LogP contribution is -2.17. The van der Waals surface area contributed by atoms with Crippen LogP contribution >= 0.6 is 0 Å². The number of methoxy groups -OCH3 is 1. The molecule has 15 heavy (non-hydrogen) atoms. The van der Waals surface area contributed by atoms with Crippen molar-refractivity contribution >= 4 is 11.8 Å². The zero-order chi connectivity index (χ0) is 11.3. The van der Waals surface area contributed by atoms with Crippen LogP contribution in [-0.2, 0) is 4.74 Å². The Labute approximate surface area is 90.1 Å². The summed E-state index contributed by atoms with van der Waals surface area (Å²) >= 11 is 0. The number of hydrogen-bond donors (Lipinski definition) is 2. The Bertz CT molecular complexity index is 296. The number of hydrogen-bond acceptors (Lipinski definition) is 5. The van der Waals surface area contributed by atoms with Crippen molar-refractivity contribution in [2.45, 2.75) is 13.8 Å². The van der Waals surface area contributed by atoms with Crippen LogP contribution in [0.25, 0.3) is 0 Å². The molecular weight excluding hydrogens is 192 g/mol. The maximum atomic E-state index is 5.54. The number of nitrogens with two attached hydrogens (primary N) is 1. The van der Waals surface area contributed by atoms with E-state index in [2.05, 4.69) is 22.2 Å². The minimum absolute atomic E-state index is 0.303. The molecule has 0 fully saturated rings. The molecule has 1 aromatic rings. The van der Waals surface area contributed by atoms with Crippen molar-refractivity contribution < 1.29 is 4.74 Å². The van der Waals surface area contributed by atoms with E-state index in [1.54, 1.807) is 7.11 Å². The molecule has 84 valence electrons. The van der Waals surface area contributed by atoms with Crippen molar-refractivity contribution in [3.63, 3.8) is 0 Å². The lowest BCUT2D eigenvalue weighted by atomic mass is 10.2. The van der Waals surface area contributed by atoms with Crippen molar-refractivity contribution in [3.05, 3.63) is 11.8 Å². The molecule has 0 aliphatic heterocycles. The Balaban J connectivity index is 2.50. The number of nitrogens with zero attached hydrogens (tertiary/aromatic N) is 2. The summed E-state index contributed by atoms with van der Waals surface area (Å²) in [5.41, 5.74) is 6.40. The van der Waals surface area contributed by atoms with Gasteiger partial charge in [0.25, 0.3) is 0 Å². The predicted molar refractivity (Wildman–Crippen MR) is 60.7 cm³/mol. The van der Waals surface area contributed by atoms with Gasteiger partial charge in [-0.05, 0) is 12.8 Å². The smallest absolute Gasteiger partial charge is 0.222 e. The summed E-state index contributed by atoms with van der Waals surface area (Å²) < 4.78 is 5.04. The number of anilines is 2. The van der Waals surface area contributed by atoms with Gasteiger partial charge < -0.3 is 15.8 Å². The summed E-state index contributed by atoms with van der Waals surface area (Å²) in [5.74, 6) is 1.51. The molecule has 0 bridgehead atoms. The maximum absolute atomic E-state index is 5.54. The number of nitrogen functional groups attached to an aromatic ring is 1. The van der Waals surface area contributed by atoms with Crippen LogP contribution in [0.2, 0.25) is 0 Å². The van der Waals surface area contributed by atoms with Crippen molar-refractivity contribution in [2.24, 2.45) is 5.92 Å². The molecule has 1 atom stereocenters. The van der Waals surface area contributed by atoms with Gasteiger partial charge in [0.05, 0.1) is 6.61 Å². The molecule has 0 saturated heterocycles. The highest BCUT2D eigenvalue weighted by Gasteiger charge is 2.03. The molecule has 0 spiro atoms. The molecule has 1 heterocycles. The number of aryl methyl sites for hydroxylation is 1. The fourth-order valence-corrected chi connectivity index (χ4v) is 1.30. The van der Waals surface area contributed by atoms with E-state index < -0.39 is 0 Å². The zero-order valence-corrected chi connectivity index (χ0v) is 9.45. The molecule has 1 aromatic heterocycles. The lowest BCUT2D eigenvalue weighted by Gasteiger charge is -2.12. The number of ether oxygens (including phenoxy) is 1. The molecule has 1 unspecified atom stereocenters. The SMILES string of the molecule is COCC(C)CNc1cc(C)nc(N)n1. The Morgan fingerprint density at radius 2 is 2.27 bits per heavy atom. The van der Waals surface area contributed by atoms with E-state index in [4.69, 9.17) is 10.5 Å². The van der Waals surface area contributed by atoms with Gasteiger partial charge >= 0.3 is 0 Å². The molecular formula is C10H18N4O. The normalized spacial score (nSPS) is 12.5. The summed E-state index contributed by atoms with van der Waals surface area (Å²) in [4.78, 5) is 8.08. The zero-order valence-electron chi connectivity index (χ0n) is 9.45. The third-order valence-corrected chi connectivity index (χ3v) is 1.95. The minimum atomic E-state index is 0.303. The van der Waals surface area contributed by atoms with Crippen LogP contribution in [0.5, 0.6) is 0 Å². The van der Waals surface area contributed by atoms with E-state index >= 15 is 0 Å². The Morgan fingerprint density at radius 3 is 2.87 bits per heavy atom. The highest BCUT2D eigenvalue weighted by molar-refractivity contribution is 5.40. The van der Waals surface area contributed by atoms with Crippen LogP contribution in [0, 0.1) is 12.8 Å². The van der Waals surface area contributed by atoms with Crippen molar-refractivity contribution in [1.82, 2.24) is 9.97 Å². The monoisotopic (exact) mass is 210 g/mol. The average molecular weight is 210 g/mol. The molecule has 0 aromatic carbocycles. The van der Waals surface area contributed by atoms with Crippen LogP contribution in [0.1, 0.15) is 12.6 Å². The maximum Gasteiger partial charge on any atom is 0.222 e. The molecule has 0 aliphatic rings. The predicted octanol–water partition coefficient (Wildman–Crippen LogP) is 1.06. The number of nitrogens with one attached hydrogen (secondary N) is 1. The van der Waals surface area contributed by atoms with Gasteiger partial charge in [-0.2, -0.15) is 4.98 Å². The van der Waals surface area contributed by atoms with Gasteiger partial charge in [0.15, 0.2) is 0 Å². The summed E-state index contributed by atoms with van der Waals surface area (Å²) in [7, 11) is 1.70. The molecule has 0 aliphatic carbocycles. The molecule has 0 amide bonds. The Kier molecular flexibility index (Phi) is 4.30. The van der Waals surface area contributed by atoms with Crippen LogP contribution < -0.4 is 11.1 Å². The fourth-order valence-electron chi connectivity index (χ4n) is 1.30. The second-order valence-electron chi connectivity index (χ2n) is 3.69. The van der Waals surface area contributed by atoms with E-state index in [-0.39, 0.29) is 0 Å².